The zero-order valence-corrected chi connectivity index (χ0v) is 16.8. The van der Waals surface area contributed by atoms with E-state index in [1.54, 1.807) is 24.3 Å². The van der Waals surface area contributed by atoms with Crippen LogP contribution in [0.1, 0.15) is 43.2 Å². The summed E-state index contributed by atoms with van der Waals surface area (Å²) in [5.74, 6) is -1.08. The Balaban J connectivity index is 1.88. The number of hydroxylamine groups is 2. The number of carbonyl (C=O) groups excluding carboxylic acids is 3. The van der Waals surface area contributed by atoms with Crippen molar-refractivity contribution in [2.75, 3.05) is 13.2 Å². The number of phenols is 1. The predicted octanol–water partition coefficient (Wildman–Crippen LogP) is 2.50. The first-order valence-corrected chi connectivity index (χ1v) is 9.81. The number of hydrogen-bond donors (Lipinski definition) is 4. The highest BCUT2D eigenvalue weighted by Gasteiger charge is 2.21. The van der Waals surface area contributed by atoms with E-state index in [1.807, 2.05) is 6.92 Å². The molecule has 0 aliphatic heterocycles. The lowest BCUT2D eigenvalue weighted by Gasteiger charge is -2.19. The SMILES string of the molecule is CCCCC[C@H](CN(O)C=O)C(=O)NCNC(=O)c1ccc(-c2ccccc2O)o1. The molecule has 0 saturated heterocycles. The first-order valence-electron chi connectivity index (χ1n) is 9.81. The zero-order chi connectivity index (χ0) is 21.9. The van der Waals surface area contributed by atoms with Crippen molar-refractivity contribution in [3.8, 4) is 17.1 Å². The molecule has 1 atom stereocenters. The molecule has 4 N–H and O–H groups in total. The van der Waals surface area contributed by atoms with Crippen molar-refractivity contribution in [1.29, 1.82) is 0 Å². The van der Waals surface area contributed by atoms with Crippen LogP contribution in [0, 0.1) is 5.92 Å². The van der Waals surface area contributed by atoms with Gasteiger partial charge in [0.25, 0.3) is 5.91 Å². The maximum absolute atomic E-state index is 12.4. The van der Waals surface area contributed by atoms with Crippen LogP contribution in [-0.2, 0) is 9.59 Å². The van der Waals surface area contributed by atoms with Gasteiger partial charge in [-0.25, -0.2) is 5.06 Å². The molecule has 0 saturated carbocycles. The second kappa shape index (κ2) is 11.6. The van der Waals surface area contributed by atoms with Crippen molar-refractivity contribution >= 4 is 18.2 Å². The average Bonchev–Trinajstić information content (AvgIpc) is 3.23. The van der Waals surface area contributed by atoms with Crippen LogP contribution in [-0.4, -0.2) is 46.8 Å². The maximum Gasteiger partial charge on any atom is 0.288 e. The van der Waals surface area contributed by atoms with Crippen LogP contribution in [0.4, 0.5) is 0 Å². The Bertz CT molecular complexity index is 851. The van der Waals surface area contributed by atoms with Crippen molar-refractivity contribution in [3.63, 3.8) is 0 Å². The number of para-hydroxylation sites is 1. The second-order valence-electron chi connectivity index (χ2n) is 6.82. The summed E-state index contributed by atoms with van der Waals surface area (Å²) < 4.78 is 5.49. The van der Waals surface area contributed by atoms with Crippen LogP contribution in [0.15, 0.2) is 40.8 Å². The lowest BCUT2D eigenvalue weighted by molar-refractivity contribution is -0.154. The van der Waals surface area contributed by atoms with Crippen molar-refractivity contribution in [3.05, 3.63) is 42.2 Å². The Morgan fingerprint density at radius 2 is 1.93 bits per heavy atom. The minimum absolute atomic E-state index is 0.0319. The van der Waals surface area contributed by atoms with Gasteiger partial charge in [-0.15, -0.1) is 0 Å². The van der Waals surface area contributed by atoms with Gasteiger partial charge in [0, 0.05) is 0 Å². The highest BCUT2D eigenvalue weighted by atomic mass is 16.5. The number of nitrogens with zero attached hydrogens (tertiary/aromatic N) is 1. The Hall–Kier alpha value is -3.33. The fourth-order valence-electron chi connectivity index (χ4n) is 2.94. The molecular formula is C21H27N3O6. The molecule has 0 radical (unpaired) electrons. The molecule has 1 aromatic heterocycles. The van der Waals surface area contributed by atoms with Crippen LogP contribution in [0.5, 0.6) is 5.75 Å². The number of benzene rings is 1. The van der Waals surface area contributed by atoms with Gasteiger partial charge >= 0.3 is 0 Å². The quantitative estimate of drug-likeness (QED) is 0.138. The summed E-state index contributed by atoms with van der Waals surface area (Å²) in [5.41, 5.74) is 0.462. The van der Waals surface area contributed by atoms with E-state index in [1.165, 1.54) is 12.1 Å². The van der Waals surface area contributed by atoms with E-state index in [2.05, 4.69) is 10.6 Å². The standard InChI is InChI=1S/C21H27N3O6/c1-2-3-4-7-15(12-24(29)14-25)20(27)22-13-23-21(28)19-11-10-18(30-19)16-8-5-6-9-17(16)26/h5-6,8-11,14-15,26,29H,2-4,7,12-13H2,1H3,(H,22,27)(H,23,28)/t15-/m1/s1. The van der Waals surface area contributed by atoms with Crippen LogP contribution in [0.25, 0.3) is 11.3 Å². The summed E-state index contributed by atoms with van der Waals surface area (Å²) in [6.07, 6.45) is 3.47. The molecule has 0 aliphatic rings. The third-order valence-electron chi connectivity index (χ3n) is 4.57. The largest absolute Gasteiger partial charge is 0.507 e. The lowest BCUT2D eigenvalue weighted by Crippen LogP contribution is -2.42. The maximum atomic E-state index is 12.4. The minimum atomic E-state index is -0.583. The molecule has 3 amide bonds. The Morgan fingerprint density at radius 1 is 1.17 bits per heavy atom. The van der Waals surface area contributed by atoms with Gasteiger partial charge in [0.1, 0.15) is 11.5 Å². The molecule has 0 fully saturated rings. The lowest BCUT2D eigenvalue weighted by atomic mass is 10.0. The molecule has 9 nitrogen and oxygen atoms in total. The van der Waals surface area contributed by atoms with Gasteiger partial charge in [-0.2, -0.15) is 0 Å². The summed E-state index contributed by atoms with van der Waals surface area (Å²) >= 11 is 0. The summed E-state index contributed by atoms with van der Waals surface area (Å²) in [5, 5.41) is 24.8. The van der Waals surface area contributed by atoms with Gasteiger partial charge in [0.05, 0.1) is 24.7 Å². The molecule has 0 bridgehead atoms. The molecule has 1 heterocycles. The van der Waals surface area contributed by atoms with Crippen LogP contribution < -0.4 is 10.6 Å². The van der Waals surface area contributed by atoms with Crippen molar-refractivity contribution in [1.82, 2.24) is 15.7 Å². The smallest absolute Gasteiger partial charge is 0.288 e. The van der Waals surface area contributed by atoms with E-state index in [4.69, 9.17) is 4.42 Å². The minimum Gasteiger partial charge on any atom is -0.507 e. The number of furan rings is 1. The fraction of sp³-hybridized carbons (Fsp3) is 0.381. The summed E-state index contributed by atoms with van der Waals surface area (Å²) in [6, 6.07) is 9.64. The Kier molecular flexibility index (Phi) is 8.89. The van der Waals surface area contributed by atoms with Crippen LogP contribution in [0.3, 0.4) is 0 Å². The van der Waals surface area contributed by atoms with E-state index in [9.17, 15) is 24.7 Å². The molecule has 162 valence electrons. The zero-order valence-electron chi connectivity index (χ0n) is 16.8. The van der Waals surface area contributed by atoms with Gasteiger partial charge in [-0.05, 0) is 30.7 Å². The third-order valence-corrected chi connectivity index (χ3v) is 4.57. The summed E-state index contributed by atoms with van der Waals surface area (Å²) in [4.78, 5) is 35.3. The predicted molar refractivity (Wildman–Crippen MR) is 108 cm³/mol. The van der Waals surface area contributed by atoms with E-state index in [0.29, 0.717) is 22.8 Å². The number of aromatic hydroxyl groups is 1. The number of phenolic OH excluding ortho intramolecular Hbond substituents is 1. The van der Waals surface area contributed by atoms with E-state index >= 15 is 0 Å². The molecule has 2 rings (SSSR count). The molecule has 1 aromatic carbocycles. The first kappa shape index (κ1) is 23.0. The average molecular weight is 417 g/mol. The topological polar surface area (TPSA) is 132 Å². The van der Waals surface area contributed by atoms with Gasteiger partial charge in [0.2, 0.25) is 12.3 Å². The highest BCUT2D eigenvalue weighted by Crippen LogP contribution is 2.29. The molecule has 0 unspecified atom stereocenters. The number of nitrogens with one attached hydrogen (secondary N) is 2. The van der Waals surface area contributed by atoms with Crippen LogP contribution >= 0.6 is 0 Å². The molecule has 0 aliphatic carbocycles. The van der Waals surface area contributed by atoms with Crippen LogP contribution in [0.2, 0.25) is 0 Å². The monoisotopic (exact) mass is 417 g/mol. The van der Waals surface area contributed by atoms with Crippen molar-refractivity contribution in [2.45, 2.75) is 32.6 Å². The van der Waals surface area contributed by atoms with E-state index in [0.717, 1.165) is 19.3 Å². The first-order chi connectivity index (χ1) is 14.5. The normalized spacial score (nSPS) is 11.5. The molecule has 30 heavy (non-hydrogen) atoms. The molecule has 0 spiro atoms. The Labute approximate surface area is 174 Å². The van der Waals surface area contributed by atoms with Gasteiger partial charge in [-0.3, -0.25) is 19.6 Å². The highest BCUT2D eigenvalue weighted by molar-refractivity contribution is 5.92. The Morgan fingerprint density at radius 3 is 2.63 bits per heavy atom. The van der Waals surface area contributed by atoms with Crippen molar-refractivity contribution < 1.29 is 29.1 Å². The number of hydrogen-bond acceptors (Lipinski definition) is 6. The fourth-order valence-corrected chi connectivity index (χ4v) is 2.94. The van der Waals surface area contributed by atoms with Gasteiger partial charge in [0.15, 0.2) is 5.76 Å². The van der Waals surface area contributed by atoms with E-state index in [-0.39, 0.29) is 37.0 Å². The number of carbonyl (C=O) groups is 3. The number of amides is 3. The third kappa shape index (κ3) is 6.63. The van der Waals surface area contributed by atoms with Crippen molar-refractivity contribution in [2.24, 2.45) is 5.92 Å². The molecule has 9 heteroatoms. The van der Waals surface area contributed by atoms with E-state index < -0.39 is 11.8 Å². The number of rotatable bonds is 12. The molecular weight excluding hydrogens is 390 g/mol. The second-order valence-corrected chi connectivity index (χ2v) is 6.82. The number of unbranched alkanes of at least 4 members (excludes halogenated alkanes) is 2. The van der Waals surface area contributed by atoms with Gasteiger partial charge < -0.3 is 20.2 Å². The molecule has 2 aromatic rings. The summed E-state index contributed by atoms with van der Waals surface area (Å²) in [7, 11) is 0. The van der Waals surface area contributed by atoms with Gasteiger partial charge in [-0.1, -0.05) is 38.3 Å². The summed E-state index contributed by atoms with van der Waals surface area (Å²) in [6.45, 7) is 1.78.